The number of carbonyl (C=O) groups excluding carboxylic acids is 2. The Hall–Kier alpha value is -4.21. The number of sulfone groups is 1. The van der Waals surface area contributed by atoms with Crippen molar-refractivity contribution in [3.8, 4) is 22.8 Å². The second kappa shape index (κ2) is 10.0. The van der Waals surface area contributed by atoms with Gasteiger partial charge < -0.3 is 20.1 Å². The van der Waals surface area contributed by atoms with Crippen molar-refractivity contribution in [1.82, 2.24) is 15.1 Å². The minimum atomic E-state index is -4.55. The number of alkyl halides is 3. The number of nitrogens with zero attached hydrogens (tertiary/aromatic N) is 2. The Morgan fingerprint density at radius 3 is 2.63 bits per heavy atom. The summed E-state index contributed by atoms with van der Waals surface area (Å²) in [5, 5.41) is 9.63. The van der Waals surface area contributed by atoms with Gasteiger partial charge in [-0.3, -0.25) is 14.3 Å². The normalized spacial score (nSPS) is 18.2. The molecule has 0 bridgehead atoms. The van der Waals surface area contributed by atoms with Crippen LogP contribution in [0, 0.1) is 11.6 Å². The zero-order valence-electron chi connectivity index (χ0n) is 21.1. The van der Waals surface area contributed by atoms with Crippen LogP contribution in [-0.2, 0) is 26.7 Å². The van der Waals surface area contributed by atoms with E-state index in [1.807, 2.05) is 0 Å². The fourth-order valence-corrected chi connectivity index (χ4v) is 5.34. The van der Waals surface area contributed by atoms with Crippen molar-refractivity contribution in [2.24, 2.45) is 0 Å². The number of aromatic nitrogens is 2. The summed E-state index contributed by atoms with van der Waals surface area (Å²) >= 11 is 0. The molecule has 10 nitrogen and oxygen atoms in total. The van der Waals surface area contributed by atoms with Crippen LogP contribution in [0.15, 0.2) is 36.4 Å². The van der Waals surface area contributed by atoms with Crippen LogP contribution in [0.4, 0.5) is 27.6 Å². The van der Waals surface area contributed by atoms with Gasteiger partial charge in [-0.05, 0) is 30.3 Å². The van der Waals surface area contributed by atoms with Gasteiger partial charge in [0.1, 0.15) is 28.6 Å². The number of benzene rings is 2. The molecular weight excluding hydrogens is 579 g/mol. The van der Waals surface area contributed by atoms with Gasteiger partial charge in [-0.15, -0.1) is 0 Å². The lowest BCUT2D eigenvalue weighted by molar-refractivity contribution is -0.153. The van der Waals surface area contributed by atoms with E-state index in [1.54, 1.807) is 0 Å². The molecule has 2 aromatic carbocycles. The average molecular weight is 601 g/mol. The highest BCUT2D eigenvalue weighted by atomic mass is 32.2. The molecule has 0 unspecified atom stereocenters. The van der Waals surface area contributed by atoms with E-state index in [4.69, 9.17) is 9.47 Å². The molecule has 3 aromatic rings. The number of ether oxygens (including phenoxy) is 2. The van der Waals surface area contributed by atoms with E-state index in [9.17, 15) is 40.0 Å². The van der Waals surface area contributed by atoms with Crippen LogP contribution in [0.2, 0.25) is 0 Å². The SMILES string of the molecule is CS(=O)(=O)CC(=O)Nc1c(-c2ccc(F)c(F)c2)nn2c1C(=O)N[C@@]1(CCOc3cc(OCC(F)(F)F)ccc31)C2. The maximum Gasteiger partial charge on any atom is 0.422 e. The number of amides is 2. The number of hydrogen-bond acceptors (Lipinski definition) is 7. The summed E-state index contributed by atoms with van der Waals surface area (Å²) < 4.78 is 101. The maximum atomic E-state index is 14.1. The van der Waals surface area contributed by atoms with Crippen LogP contribution in [0.3, 0.4) is 0 Å². The Morgan fingerprint density at radius 2 is 1.95 bits per heavy atom. The van der Waals surface area contributed by atoms with Crippen molar-refractivity contribution < 1.29 is 49.4 Å². The standard InChI is InChI=1S/C25H21F5N4O6S/c1-41(37,38)10-19(35)31-21-20(13-2-5-16(26)17(27)8-13)33-34-11-24(32-23(36)22(21)34)6-7-39-18-9-14(3-4-15(18)24)40-12-25(28,29)30/h2-5,8-9H,6-7,10-12H2,1H3,(H,31,35)(H,32,36)/t24-/m0/s1. The summed E-state index contributed by atoms with van der Waals surface area (Å²) in [6.07, 6.45) is -3.48. The lowest BCUT2D eigenvalue weighted by atomic mass is 9.83. The number of halogens is 5. The number of nitrogens with one attached hydrogen (secondary N) is 2. The fraction of sp³-hybridized carbons (Fsp3) is 0.320. The molecule has 0 saturated carbocycles. The Labute approximate surface area is 229 Å². The summed E-state index contributed by atoms with van der Waals surface area (Å²) in [5.41, 5.74) is -1.21. The Balaban J connectivity index is 1.56. The number of rotatable bonds is 6. The van der Waals surface area contributed by atoms with Gasteiger partial charge in [-0.1, -0.05) is 0 Å². The first-order valence-electron chi connectivity index (χ1n) is 12.0. The first-order valence-corrected chi connectivity index (χ1v) is 14.0. The van der Waals surface area contributed by atoms with Crippen LogP contribution in [0.1, 0.15) is 22.5 Å². The van der Waals surface area contributed by atoms with Crippen molar-refractivity contribution in [2.75, 3.05) is 30.5 Å². The molecule has 1 spiro atoms. The van der Waals surface area contributed by atoms with Crippen LogP contribution >= 0.6 is 0 Å². The highest BCUT2D eigenvalue weighted by Gasteiger charge is 2.46. The molecule has 1 aromatic heterocycles. The highest BCUT2D eigenvalue weighted by Crippen LogP contribution is 2.44. The maximum absolute atomic E-state index is 14.1. The van der Waals surface area contributed by atoms with Crippen molar-refractivity contribution in [3.63, 3.8) is 0 Å². The monoisotopic (exact) mass is 600 g/mol. The minimum absolute atomic E-state index is 0.00105. The van der Waals surface area contributed by atoms with Crippen molar-refractivity contribution in [2.45, 2.75) is 24.7 Å². The van der Waals surface area contributed by atoms with Gasteiger partial charge in [0.2, 0.25) is 5.91 Å². The molecule has 0 aliphatic carbocycles. The Morgan fingerprint density at radius 1 is 1.20 bits per heavy atom. The first kappa shape index (κ1) is 28.3. The van der Waals surface area contributed by atoms with Gasteiger partial charge in [-0.2, -0.15) is 18.3 Å². The summed E-state index contributed by atoms with van der Waals surface area (Å²) in [4.78, 5) is 26.1. The molecule has 0 fully saturated rings. The molecule has 218 valence electrons. The van der Waals surface area contributed by atoms with Crippen LogP contribution in [-0.4, -0.2) is 61.4 Å². The third-order valence-electron chi connectivity index (χ3n) is 6.45. The molecule has 16 heteroatoms. The van der Waals surface area contributed by atoms with Gasteiger partial charge in [0.15, 0.2) is 33.8 Å². The molecule has 1 atom stereocenters. The van der Waals surface area contributed by atoms with Gasteiger partial charge in [0, 0.05) is 29.9 Å². The van der Waals surface area contributed by atoms with E-state index < -0.39 is 57.4 Å². The van der Waals surface area contributed by atoms with E-state index in [0.29, 0.717) is 5.56 Å². The predicted molar refractivity (Wildman–Crippen MR) is 133 cm³/mol. The van der Waals surface area contributed by atoms with Gasteiger partial charge in [-0.25, -0.2) is 17.2 Å². The van der Waals surface area contributed by atoms with E-state index >= 15 is 0 Å². The highest BCUT2D eigenvalue weighted by molar-refractivity contribution is 7.91. The smallest absolute Gasteiger partial charge is 0.422 e. The Kier molecular flexibility index (Phi) is 6.91. The topological polar surface area (TPSA) is 129 Å². The van der Waals surface area contributed by atoms with Gasteiger partial charge in [0.25, 0.3) is 5.91 Å². The van der Waals surface area contributed by atoms with Crippen molar-refractivity contribution >= 4 is 27.3 Å². The van der Waals surface area contributed by atoms with E-state index in [2.05, 4.69) is 15.7 Å². The predicted octanol–water partition coefficient (Wildman–Crippen LogP) is 3.17. The largest absolute Gasteiger partial charge is 0.493 e. The minimum Gasteiger partial charge on any atom is -0.493 e. The van der Waals surface area contributed by atoms with E-state index in [1.165, 1.54) is 28.9 Å². The molecule has 0 saturated heterocycles. The average Bonchev–Trinajstić information content (AvgIpc) is 3.21. The Bertz CT molecular complexity index is 1670. The first-order chi connectivity index (χ1) is 19.1. The molecule has 2 N–H and O–H groups in total. The third kappa shape index (κ3) is 5.82. The molecule has 2 aliphatic rings. The molecule has 41 heavy (non-hydrogen) atoms. The summed E-state index contributed by atoms with van der Waals surface area (Å²) in [6, 6.07) is 6.86. The lowest BCUT2D eigenvalue weighted by Crippen LogP contribution is -2.55. The molecule has 3 heterocycles. The number of hydrogen-bond donors (Lipinski definition) is 2. The van der Waals surface area contributed by atoms with Crippen LogP contribution in [0.5, 0.6) is 11.5 Å². The zero-order valence-corrected chi connectivity index (χ0v) is 22.0. The molecule has 0 radical (unpaired) electrons. The zero-order chi connectivity index (χ0) is 29.7. The quantitative estimate of drug-likeness (QED) is 0.416. The summed E-state index contributed by atoms with van der Waals surface area (Å²) in [7, 11) is -3.76. The van der Waals surface area contributed by atoms with Crippen molar-refractivity contribution in [3.05, 3.63) is 59.3 Å². The molecular formula is C25H21F5N4O6S. The molecule has 5 rings (SSSR count). The second-order valence-electron chi connectivity index (χ2n) is 9.67. The van der Waals surface area contributed by atoms with Crippen molar-refractivity contribution in [1.29, 1.82) is 0 Å². The molecule has 2 aliphatic heterocycles. The summed E-state index contributed by atoms with van der Waals surface area (Å²) in [6.45, 7) is -1.49. The number of carbonyl (C=O) groups is 2. The van der Waals surface area contributed by atoms with E-state index in [0.717, 1.165) is 18.4 Å². The van der Waals surface area contributed by atoms with Crippen LogP contribution in [0.25, 0.3) is 11.3 Å². The number of fused-ring (bicyclic) bond motifs is 3. The fourth-order valence-electron chi connectivity index (χ4n) is 4.79. The lowest BCUT2D eigenvalue weighted by Gasteiger charge is -2.42. The summed E-state index contributed by atoms with van der Waals surface area (Å²) in [5.74, 6) is -4.92. The molecule has 2 amide bonds. The van der Waals surface area contributed by atoms with Gasteiger partial charge >= 0.3 is 6.18 Å². The second-order valence-corrected chi connectivity index (χ2v) is 11.8. The van der Waals surface area contributed by atoms with E-state index in [-0.39, 0.29) is 53.7 Å². The number of anilines is 1. The van der Waals surface area contributed by atoms with Gasteiger partial charge in [0.05, 0.1) is 18.7 Å². The third-order valence-corrected chi connectivity index (χ3v) is 7.23. The van der Waals surface area contributed by atoms with Crippen LogP contribution < -0.4 is 20.1 Å².